The second-order valence-electron chi connectivity index (χ2n) is 3.39. The van der Waals surface area contributed by atoms with E-state index >= 15 is 0 Å². The quantitative estimate of drug-likeness (QED) is 0.609. The molecule has 0 saturated heterocycles. The summed E-state index contributed by atoms with van der Waals surface area (Å²) in [5.41, 5.74) is 0.296. The first-order chi connectivity index (χ1) is 7.41. The Balaban J connectivity index is 3.06. The molecule has 0 spiro atoms. The van der Waals surface area contributed by atoms with E-state index in [0.717, 1.165) is 0 Å². The maximum absolute atomic E-state index is 11.2. The molecule has 0 aliphatic heterocycles. The third-order valence-corrected chi connectivity index (χ3v) is 3.31. The Kier molecular flexibility index (Phi) is 4.79. The normalized spacial score (nSPS) is 9.75. The summed E-state index contributed by atoms with van der Waals surface area (Å²) in [5, 5.41) is 18.8. The molecule has 1 aromatic rings. The van der Waals surface area contributed by atoms with E-state index in [2.05, 4.69) is 0 Å². The van der Waals surface area contributed by atoms with E-state index in [-0.39, 0.29) is 62.1 Å². The summed E-state index contributed by atoms with van der Waals surface area (Å²) >= 11 is -0.227. The third kappa shape index (κ3) is 3.48. The summed E-state index contributed by atoms with van der Waals surface area (Å²) in [6.45, 7) is 1.12. The number of phenols is 2. The Morgan fingerprint density at radius 3 is 2.50 bits per heavy atom. The van der Waals surface area contributed by atoms with Crippen molar-refractivity contribution in [3.05, 3.63) is 17.7 Å². The van der Waals surface area contributed by atoms with Crippen molar-refractivity contribution in [1.29, 1.82) is 0 Å². The Bertz CT molecular complexity index is 441. The number of carbonyl (C=O) groups is 2. The molecule has 0 bridgehead atoms. The van der Waals surface area contributed by atoms with E-state index in [1.807, 2.05) is 0 Å². The van der Waals surface area contributed by atoms with Crippen molar-refractivity contribution in [3.8, 4) is 17.2 Å². The SMILES string of the molecule is CC(=O)COc1cc([C](=O)[SrH])cc(O)c1O. The van der Waals surface area contributed by atoms with Gasteiger partial charge in [-0.1, -0.05) is 0 Å². The number of hydrogen-bond acceptors (Lipinski definition) is 5. The molecule has 0 unspecified atom stereocenters. The second kappa shape index (κ2) is 5.67. The van der Waals surface area contributed by atoms with Crippen LogP contribution in [0.5, 0.6) is 17.2 Å². The molecule has 82 valence electrons. The van der Waals surface area contributed by atoms with Gasteiger partial charge in [-0.15, -0.1) is 0 Å². The molecule has 0 aromatic heterocycles. The summed E-state index contributed by atoms with van der Waals surface area (Å²) in [5.74, 6) is -1.14. The molecule has 16 heavy (non-hydrogen) atoms. The molecule has 0 aliphatic carbocycles. The van der Waals surface area contributed by atoms with Gasteiger partial charge in [-0.2, -0.15) is 0 Å². The zero-order valence-electron chi connectivity index (χ0n) is 8.98. The van der Waals surface area contributed by atoms with Crippen LogP contribution in [0.1, 0.15) is 17.3 Å². The van der Waals surface area contributed by atoms with Crippen LogP contribution in [-0.2, 0) is 4.79 Å². The molecule has 2 N–H and O–H groups in total. The summed E-state index contributed by atoms with van der Waals surface area (Å²) in [4.78, 5) is 21.9. The molecular formula is C10H10O5Sr. The number of ketones is 1. The minimum absolute atomic E-state index is 0.0494. The number of ether oxygens (including phenoxy) is 1. The Hall–Kier alpha value is -0.559. The monoisotopic (exact) mass is 298 g/mol. The van der Waals surface area contributed by atoms with Crippen molar-refractivity contribution < 1.29 is 24.5 Å². The number of rotatable bonds is 4. The molecule has 0 atom stereocenters. The van der Waals surface area contributed by atoms with Gasteiger partial charge in [0.2, 0.25) is 0 Å². The zero-order valence-corrected chi connectivity index (χ0v) is 13.9. The standard InChI is InChI=1S/C10H9O5.Sr.H/c1-6(12)5-15-9-3-7(4-11)2-8(13)10(9)14;;/h2-3,13-14H,5H2,1H3;;. The predicted molar refractivity (Wildman–Crippen MR) is 57.4 cm³/mol. The summed E-state index contributed by atoms with van der Waals surface area (Å²) in [7, 11) is 0. The van der Waals surface area contributed by atoms with Crippen LogP contribution in [0.4, 0.5) is 0 Å². The topological polar surface area (TPSA) is 83.8 Å². The van der Waals surface area contributed by atoms with Gasteiger partial charge in [-0.05, 0) is 0 Å². The van der Waals surface area contributed by atoms with Gasteiger partial charge >= 0.3 is 123 Å². The maximum atomic E-state index is 11.2. The van der Waals surface area contributed by atoms with Crippen LogP contribution < -0.4 is 4.74 Å². The van der Waals surface area contributed by atoms with Crippen LogP contribution in [0.3, 0.4) is 0 Å². The van der Waals surface area contributed by atoms with Gasteiger partial charge in [0, 0.05) is 0 Å². The number of benzene rings is 1. The van der Waals surface area contributed by atoms with Gasteiger partial charge < -0.3 is 0 Å². The van der Waals surface area contributed by atoms with Crippen molar-refractivity contribution in [2.45, 2.75) is 6.92 Å². The van der Waals surface area contributed by atoms with Crippen molar-refractivity contribution in [1.82, 2.24) is 0 Å². The Morgan fingerprint density at radius 2 is 2.00 bits per heavy atom. The number of carbonyl (C=O) groups excluding carboxylic acids is 2. The first kappa shape index (κ1) is 13.5. The van der Waals surface area contributed by atoms with E-state index in [0.29, 0.717) is 5.56 Å². The molecule has 5 nitrogen and oxygen atoms in total. The molecule has 0 aliphatic rings. The predicted octanol–water partition coefficient (Wildman–Crippen LogP) is 0.107. The van der Waals surface area contributed by atoms with Crippen molar-refractivity contribution in [2.24, 2.45) is 0 Å². The van der Waals surface area contributed by atoms with Crippen LogP contribution in [0.25, 0.3) is 0 Å². The Morgan fingerprint density at radius 1 is 1.38 bits per heavy atom. The van der Waals surface area contributed by atoms with Gasteiger partial charge in [0.15, 0.2) is 0 Å². The first-order valence-electron chi connectivity index (χ1n) is 4.61. The van der Waals surface area contributed by atoms with Gasteiger partial charge in [0.1, 0.15) is 0 Å². The molecule has 0 heterocycles. The molecule has 0 saturated carbocycles. The fourth-order valence-electron chi connectivity index (χ4n) is 1.09. The molecular weight excluding hydrogens is 288 g/mol. The van der Waals surface area contributed by atoms with Gasteiger partial charge in [-0.3, -0.25) is 0 Å². The Labute approximate surface area is 122 Å². The molecule has 1 aromatic carbocycles. The average Bonchev–Trinajstić information content (AvgIpc) is 2.19. The van der Waals surface area contributed by atoms with E-state index in [9.17, 15) is 19.8 Å². The first-order valence-corrected chi connectivity index (χ1v) is 7.06. The molecule has 6 heteroatoms. The molecule has 0 fully saturated rings. The number of hydrogen-bond donors (Lipinski definition) is 2. The average molecular weight is 298 g/mol. The van der Waals surface area contributed by atoms with Crippen LogP contribution in [-0.4, -0.2) is 66.6 Å². The van der Waals surface area contributed by atoms with Crippen LogP contribution >= 0.6 is 0 Å². The minimum atomic E-state index is -0.457. The molecule has 0 amide bonds. The second-order valence-corrected chi connectivity index (χ2v) is 5.62. The van der Waals surface area contributed by atoms with Crippen molar-refractivity contribution in [2.75, 3.05) is 6.61 Å². The zero-order chi connectivity index (χ0) is 12.3. The number of aromatic hydroxyl groups is 2. The summed E-state index contributed by atoms with van der Waals surface area (Å²) < 4.78 is 4.92. The van der Waals surface area contributed by atoms with Crippen molar-refractivity contribution in [3.63, 3.8) is 0 Å². The van der Waals surface area contributed by atoms with Crippen LogP contribution in [0.2, 0.25) is 0 Å². The van der Waals surface area contributed by atoms with Crippen molar-refractivity contribution >= 4 is 49.8 Å². The number of phenolic OH excluding ortho intramolecular Hbond substituents is 2. The van der Waals surface area contributed by atoms with Crippen LogP contribution in [0, 0.1) is 0 Å². The van der Waals surface area contributed by atoms with E-state index < -0.39 is 11.5 Å². The van der Waals surface area contributed by atoms with E-state index in [4.69, 9.17) is 4.74 Å². The fraction of sp³-hybridized carbons (Fsp3) is 0.200. The third-order valence-electron chi connectivity index (χ3n) is 1.89. The fourth-order valence-corrected chi connectivity index (χ4v) is 1.80. The van der Waals surface area contributed by atoms with E-state index in [1.54, 1.807) is 0 Å². The van der Waals surface area contributed by atoms with Gasteiger partial charge in [0.05, 0.1) is 0 Å². The van der Waals surface area contributed by atoms with Crippen LogP contribution in [0.15, 0.2) is 12.1 Å². The summed E-state index contributed by atoms with van der Waals surface area (Å²) in [6, 6.07) is 2.52. The van der Waals surface area contributed by atoms with Gasteiger partial charge in [-0.25, -0.2) is 0 Å². The van der Waals surface area contributed by atoms with Gasteiger partial charge in [0.25, 0.3) is 0 Å². The summed E-state index contributed by atoms with van der Waals surface area (Å²) in [6.07, 6.45) is 0. The van der Waals surface area contributed by atoms with E-state index in [1.165, 1.54) is 19.1 Å². The molecule has 0 radical (unpaired) electrons. The molecule has 1 rings (SSSR count). The number of Topliss-reactive ketones (excluding diaryl/α,β-unsaturated/α-hetero) is 1.